The molecule has 2 atom stereocenters. The van der Waals surface area contributed by atoms with Gasteiger partial charge in [-0.05, 0) is 49.1 Å². The molecule has 0 saturated carbocycles. The van der Waals surface area contributed by atoms with Gasteiger partial charge in [0.2, 0.25) is 17.7 Å². The number of nitrogens with two attached hydrogens (primary N) is 1. The Morgan fingerprint density at radius 3 is 2.19 bits per heavy atom. The second kappa shape index (κ2) is 13.8. The number of aromatic nitrogens is 3. The summed E-state index contributed by atoms with van der Waals surface area (Å²) in [4.78, 5) is 71.1. The van der Waals surface area contributed by atoms with E-state index in [9.17, 15) is 34.2 Å². The summed E-state index contributed by atoms with van der Waals surface area (Å²) in [5, 5.41) is 42.5. The number of hydrogen-bond donors (Lipinski definition) is 8. The van der Waals surface area contributed by atoms with E-state index in [0.29, 0.717) is 24.0 Å². The van der Waals surface area contributed by atoms with E-state index in [0.717, 1.165) is 11.3 Å². The molecule has 0 unspecified atom stereocenters. The van der Waals surface area contributed by atoms with Crippen LogP contribution in [0.1, 0.15) is 41.6 Å². The lowest BCUT2D eigenvalue weighted by molar-refractivity contribution is -0.143. The predicted molar refractivity (Wildman–Crippen MR) is 148 cm³/mol. The highest BCUT2D eigenvalue weighted by Crippen LogP contribution is 2.26. The van der Waals surface area contributed by atoms with Gasteiger partial charge in [0.1, 0.15) is 17.7 Å². The molecule has 1 aromatic carbocycles. The van der Waals surface area contributed by atoms with Crippen LogP contribution < -0.4 is 21.3 Å². The largest absolute Gasteiger partial charge is 0.493 e. The van der Waals surface area contributed by atoms with Crippen LogP contribution in [0.3, 0.4) is 0 Å². The van der Waals surface area contributed by atoms with Gasteiger partial charge in [-0.15, -0.1) is 0 Å². The molecule has 3 rings (SSSR count). The van der Waals surface area contributed by atoms with Crippen molar-refractivity contribution < 1.29 is 44.4 Å². The number of carbonyl (C=O) groups is 5. The fourth-order valence-corrected chi connectivity index (χ4v) is 4.14. The van der Waals surface area contributed by atoms with Gasteiger partial charge in [-0.25, -0.2) is 9.59 Å². The minimum absolute atomic E-state index is 0.0475. The number of nitrogen functional groups attached to an aromatic ring is 1. The number of anilines is 2. The summed E-state index contributed by atoms with van der Waals surface area (Å²) in [6.07, 6.45) is 0.704. The maximum Gasteiger partial charge on any atom is 0.326 e. The Balaban J connectivity index is 1.54. The van der Waals surface area contributed by atoms with Crippen molar-refractivity contribution in [2.24, 2.45) is 0 Å². The Hall–Kier alpha value is -5.41. The van der Waals surface area contributed by atoms with Gasteiger partial charge < -0.3 is 46.7 Å². The number of nitrogens with one attached hydrogen (secondary N) is 3. The van der Waals surface area contributed by atoms with Crippen molar-refractivity contribution in [1.29, 1.82) is 0 Å². The fraction of sp³-hybridized carbons (Fsp3) is 0.346. The summed E-state index contributed by atoms with van der Waals surface area (Å²) in [5.74, 6) is -5.77. The summed E-state index contributed by atoms with van der Waals surface area (Å²) >= 11 is 0. The normalized spacial score (nSPS) is 12.3. The summed E-state index contributed by atoms with van der Waals surface area (Å²) in [6, 6.07) is 3.52. The number of hydrogen-bond acceptors (Lipinski definition) is 10. The van der Waals surface area contributed by atoms with E-state index >= 15 is 0 Å². The van der Waals surface area contributed by atoms with Crippen molar-refractivity contribution in [3.8, 4) is 5.88 Å². The van der Waals surface area contributed by atoms with Gasteiger partial charge in [0.25, 0.3) is 5.91 Å². The Morgan fingerprint density at radius 1 is 0.952 bits per heavy atom. The van der Waals surface area contributed by atoms with Crippen molar-refractivity contribution in [1.82, 2.24) is 25.6 Å². The van der Waals surface area contributed by atoms with Gasteiger partial charge >= 0.3 is 17.9 Å². The first kappa shape index (κ1) is 31.1. The van der Waals surface area contributed by atoms with Crippen LogP contribution in [0.4, 0.5) is 11.6 Å². The third kappa shape index (κ3) is 8.30. The lowest BCUT2D eigenvalue weighted by Crippen LogP contribution is -2.44. The zero-order chi connectivity index (χ0) is 31.0. The second-order valence-corrected chi connectivity index (χ2v) is 9.46. The van der Waals surface area contributed by atoms with Crippen molar-refractivity contribution >= 4 is 52.4 Å². The number of aromatic hydroxyl groups is 1. The van der Waals surface area contributed by atoms with Crippen molar-refractivity contribution in [2.75, 3.05) is 24.2 Å². The van der Waals surface area contributed by atoms with Crippen LogP contribution in [0.2, 0.25) is 0 Å². The molecule has 42 heavy (non-hydrogen) atoms. The molecule has 0 spiro atoms. The summed E-state index contributed by atoms with van der Waals surface area (Å²) < 4.78 is 0. The second-order valence-electron chi connectivity index (χ2n) is 9.46. The van der Waals surface area contributed by atoms with E-state index in [4.69, 9.17) is 15.9 Å². The molecular formula is C26H31N7O9. The third-order valence-corrected chi connectivity index (χ3v) is 6.44. The lowest BCUT2D eigenvalue weighted by Gasteiger charge is -2.20. The van der Waals surface area contributed by atoms with Gasteiger partial charge in [0.15, 0.2) is 0 Å². The number of amides is 2. The van der Waals surface area contributed by atoms with Crippen molar-refractivity contribution in [2.45, 2.75) is 44.2 Å². The molecule has 0 bridgehead atoms. The summed E-state index contributed by atoms with van der Waals surface area (Å²) in [5.41, 5.74) is 7.71. The van der Waals surface area contributed by atoms with Crippen LogP contribution in [0.25, 0.3) is 11.0 Å². The van der Waals surface area contributed by atoms with Crippen LogP contribution in [-0.4, -0.2) is 90.8 Å². The topological polar surface area (TPSA) is 261 Å². The molecule has 0 saturated heterocycles. The SMILES string of the molecule is CN(CCc1c[nH]c2nc(N)nc(O)c12)c1ccc(C(=O)N[C@@H](CCC(=O)N[C@@H](CCC(=O)O)C(=O)O)C(=O)O)cc1. The number of carbonyl (C=O) groups excluding carboxylic acids is 2. The Bertz CT molecular complexity index is 1470. The van der Waals surface area contributed by atoms with Crippen LogP contribution >= 0.6 is 0 Å². The highest BCUT2D eigenvalue weighted by Gasteiger charge is 2.25. The standard InChI is InChI=1S/C26H31N7O9/c1-33(11-10-14-12-28-21-20(14)23(38)32-26(27)31-21)15-4-2-13(3-5-15)22(37)30-17(25(41)42)6-8-18(34)29-16(24(39)40)7-9-19(35)36/h2-5,12,16-17H,6-11H2,1H3,(H,29,34)(H,30,37)(H,35,36)(H,39,40)(H,41,42)(H4,27,28,31,32,38)/t16-,17-/m0/s1. The minimum atomic E-state index is -1.44. The number of benzene rings is 1. The molecule has 2 heterocycles. The molecule has 0 aliphatic rings. The number of H-pyrrole nitrogens is 1. The average Bonchev–Trinajstić information content (AvgIpc) is 3.34. The van der Waals surface area contributed by atoms with Gasteiger partial charge in [0.05, 0.1) is 5.39 Å². The Kier molecular flexibility index (Phi) is 10.2. The first-order chi connectivity index (χ1) is 19.8. The van der Waals surface area contributed by atoms with Crippen molar-refractivity contribution in [3.05, 3.63) is 41.6 Å². The molecule has 16 nitrogen and oxygen atoms in total. The van der Waals surface area contributed by atoms with E-state index in [1.54, 1.807) is 18.3 Å². The number of fused-ring (bicyclic) bond motifs is 1. The monoisotopic (exact) mass is 585 g/mol. The highest BCUT2D eigenvalue weighted by molar-refractivity contribution is 5.97. The number of likely N-dealkylation sites (N-methyl/N-ethyl adjacent to an activating group) is 1. The fourth-order valence-electron chi connectivity index (χ4n) is 4.14. The van der Waals surface area contributed by atoms with Crippen molar-refractivity contribution in [3.63, 3.8) is 0 Å². The zero-order valence-electron chi connectivity index (χ0n) is 22.5. The van der Waals surface area contributed by atoms with E-state index < -0.39 is 54.6 Å². The van der Waals surface area contributed by atoms with Gasteiger partial charge in [0, 0.05) is 43.9 Å². The molecule has 2 amide bonds. The average molecular weight is 586 g/mol. The maximum atomic E-state index is 12.7. The lowest BCUT2D eigenvalue weighted by atomic mass is 10.1. The Labute approximate surface area is 238 Å². The maximum absolute atomic E-state index is 12.7. The molecule has 3 aromatic rings. The van der Waals surface area contributed by atoms with Crippen LogP contribution in [0.5, 0.6) is 5.88 Å². The molecule has 0 aliphatic heterocycles. The first-order valence-electron chi connectivity index (χ1n) is 12.8. The molecule has 0 radical (unpaired) electrons. The van der Waals surface area contributed by atoms with Crippen LogP contribution in [0, 0.1) is 0 Å². The van der Waals surface area contributed by atoms with Gasteiger partial charge in [-0.2, -0.15) is 9.97 Å². The highest BCUT2D eigenvalue weighted by atomic mass is 16.4. The third-order valence-electron chi connectivity index (χ3n) is 6.44. The van der Waals surface area contributed by atoms with Crippen LogP contribution in [-0.2, 0) is 25.6 Å². The van der Waals surface area contributed by atoms with E-state index in [1.165, 1.54) is 12.1 Å². The first-order valence-corrected chi connectivity index (χ1v) is 12.8. The molecule has 9 N–H and O–H groups in total. The molecular weight excluding hydrogens is 554 g/mol. The molecule has 16 heteroatoms. The van der Waals surface area contributed by atoms with E-state index in [2.05, 4.69) is 25.6 Å². The number of nitrogens with zero attached hydrogens (tertiary/aromatic N) is 3. The van der Waals surface area contributed by atoms with E-state index in [1.807, 2.05) is 11.9 Å². The van der Waals surface area contributed by atoms with Gasteiger partial charge in [-0.1, -0.05) is 0 Å². The molecule has 0 aliphatic carbocycles. The number of rotatable bonds is 15. The number of carboxylic acid groups (broad SMARTS) is 3. The Morgan fingerprint density at radius 2 is 1.57 bits per heavy atom. The molecule has 224 valence electrons. The quantitative estimate of drug-likeness (QED) is 0.120. The summed E-state index contributed by atoms with van der Waals surface area (Å²) in [6.45, 7) is 0.532. The number of aromatic amines is 1. The van der Waals surface area contributed by atoms with Crippen LogP contribution in [0.15, 0.2) is 30.5 Å². The number of carboxylic acids is 3. The molecule has 2 aromatic heterocycles. The summed E-state index contributed by atoms with van der Waals surface area (Å²) in [7, 11) is 1.83. The predicted octanol–water partition coefficient (Wildman–Crippen LogP) is 0.322. The van der Waals surface area contributed by atoms with E-state index in [-0.39, 0.29) is 30.2 Å². The smallest absolute Gasteiger partial charge is 0.326 e. The molecule has 0 fully saturated rings. The number of aliphatic carboxylic acids is 3. The minimum Gasteiger partial charge on any atom is -0.493 e. The zero-order valence-corrected chi connectivity index (χ0v) is 22.5. The van der Waals surface area contributed by atoms with Gasteiger partial charge in [-0.3, -0.25) is 14.4 Å².